The van der Waals surface area contributed by atoms with Gasteiger partial charge in [0.25, 0.3) is 0 Å². The quantitative estimate of drug-likeness (QED) is 0.790. The zero-order valence-electron chi connectivity index (χ0n) is 10.5. The molecule has 2 rings (SSSR count). The van der Waals surface area contributed by atoms with E-state index in [2.05, 4.69) is 10.6 Å². The fraction of sp³-hybridized carbons (Fsp3) is 0.923. The van der Waals surface area contributed by atoms with Crippen LogP contribution in [0.25, 0.3) is 0 Å². The number of hydrogen-bond acceptors (Lipinski definition) is 2. The van der Waals surface area contributed by atoms with Crippen LogP contribution in [0.3, 0.4) is 0 Å². The fourth-order valence-corrected chi connectivity index (χ4v) is 2.68. The van der Waals surface area contributed by atoms with Gasteiger partial charge in [0.15, 0.2) is 0 Å². The van der Waals surface area contributed by atoms with Gasteiger partial charge in [0.05, 0.1) is 0 Å². The van der Waals surface area contributed by atoms with Crippen molar-refractivity contribution in [3.05, 3.63) is 0 Å². The van der Waals surface area contributed by atoms with Crippen LogP contribution < -0.4 is 10.6 Å². The second-order valence-corrected chi connectivity index (χ2v) is 5.25. The number of carbonyl (C=O) groups excluding carboxylic acids is 1. The lowest BCUT2D eigenvalue weighted by molar-refractivity contribution is 0.184. The van der Waals surface area contributed by atoms with Crippen LogP contribution in [-0.4, -0.2) is 31.8 Å². The summed E-state index contributed by atoms with van der Waals surface area (Å²) in [6.45, 7) is 2.53. The molecule has 2 N–H and O–H groups in total. The molecule has 1 heterocycles. The van der Waals surface area contributed by atoms with Gasteiger partial charge in [0.1, 0.15) is 0 Å². The second-order valence-electron chi connectivity index (χ2n) is 5.25. The summed E-state index contributed by atoms with van der Waals surface area (Å²) in [5, 5.41) is 6.01. The molecule has 0 radical (unpaired) electrons. The number of rotatable bonds is 4. The molecule has 1 saturated heterocycles. The molecular formula is C13H24N2O2. The molecule has 0 aromatic carbocycles. The molecule has 1 saturated carbocycles. The van der Waals surface area contributed by atoms with E-state index in [4.69, 9.17) is 4.74 Å². The number of urea groups is 1. The van der Waals surface area contributed by atoms with E-state index in [0.29, 0.717) is 12.0 Å². The Morgan fingerprint density at radius 1 is 1.18 bits per heavy atom. The van der Waals surface area contributed by atoms with E-state index in [9.17, 15) is 4.79 Å². The minimum Gasteiger partial charge on any atom is -0.381 e. The average Bonchev–Trinajstić information content (AvgIpc) is 2.83. The molecule has 0 aromatic heterocycles. The van der Waals surface area contributed by atoms with Crippen molar-refractivity contribution in [2.75, 3.05) is 19.8 Å². The molecule has 1 aliphatic heterocycles. The van der Waals surface area contributed by atoms with E-state index in [1.165, 1.54) is 19.3 Å². The first-order valence-corrected chi connectivity index (χ1v) is 6.96. The third-order valence-electron chi connectivity index (χ3n) is 3.80. The van der Waals surface area contributed by atoms with Gasteiger partial charge in [-0.2, -0.15) is 0 Å². The molecule has 4 heteroatoms. The lowest BCUT2D eigenvalue weighted by atomic mass is 9.96. The Morgan fingerprint density at radius 3 is 2.71 bits per heavy atom. The summed E-state index contributed by atoms with van der Waals surface area (Å²) in [5.74, 6) is 0.644. The van der Waals surface area contributed by atoms with Crippen molar-refractivity contribution < 1.29 is 9.53 Å². The van der Waals surface area contributed by atoms with Crippen LogP contribution in [0.4, 0.5) is 4.79 Å². The molecule has 1 unspecified atom stereocenters. The Balaban J connectivity index is 1.53. The summed E-state index contributed by atoms with van der Waals surface area (Å²) in [7, 11) is 0. The van der Waals surface area contributed by atoms with E-state index < -0.39 is 0 Å². The van der Waals surface area contributed by atoms with Crippen molar-refractivity contribution in [3.8, 4) is 0 Å². The van der Waals surface area contributed by atoms with E-state index in [1.54, 1.807) is 0 Å². The highest BCUT2D eigenvalue weighted by molar-refractivity contribution is 5.74. The van der Waals surface area contributed by atoms with Crippen LogP contribution in [0.5, 0.6) is 0 Å². The molecule has 0 spiro atoms. The monoisotopic (exact) mass is 240 g/mol. The first-order chi connectivity index (χ1) is 8.34. The lowest BCUT2D eigenvalue weighted by Gasteiger charge is -2.23. The van der Waals surface area contributed by atoms with Crippen LogP contribution in [0, 0.1) is 5.92 Å². The minimum atomic E-state index is 0.0100. The number of amides is 2. The maximum absolute atomic E-state index is 11.6. The third kappa shape index (κ3) is 4.54. The molecule has 0 bridgehead atoms. The third-order valence-corrected chi connectivity index (χ3v) is 3.80. The van der Waals surface area contributed by atoms with Gasteiger partial charge in [-0.25, -0.2) is 4.79 Å². The van der Waals surface area contributed by atoms with Crippen LogP contribution in [-0.2, 0) is 4.74 Å². The smallest absolute Gasteiger partial charge is 0.315 e. The van der Waals surface area contributed by atoms with Gasteiger partial charge in [-0.15, -0.1) is 0 Å². The molecule has 0 aromatic rings. The van der Waals surface area contributed by atoms with Crippen LogP contribution >= 0.6 is 0 Å². The zero-order valence-corrected chi connectivity index (χ0v) is 10.5. The highest BCUT2D eigenvalue weighted by Gasteiger charge is 2.17. The molecule has 17 heavy (non-hydrogen) atoms. The number of ether oxygens (including phenoxy) is 1. The Kier molecular flexibility index (Phi) is 5.10. The molecule has 1 aliphatic carbocycles. The van der Waals surface area contributed by atoms with Gasteiger partial charge >= 0.3 is 6.03 Å². The minimum absolute atomic E-state index is 0.0100. The van der Waals surface area contributed by atoms with Gasteiger partial charge in [0.2, 0.25) is 0 Å². The Hall–Kier alpha value is -0.770. The van der Waals surface area contributed by atoms with Gasteiger partial charge < -0.3 is 15.4 Å². The number of carbonyl (C=O) groups is 1. The highest BCUT2D eigenvalue weighted by atomic mass is 16.5. The van der Waals surface area contributed by atoms with Crippen LogP contribution in [0.1, 0.15) is 44.9 Å². The number of hydrogen-bond donors (Lipinski definition) is 2. The average molecular weight is 240 g/mol. The van der Waals surface area contributed by atoms with E-state index in [-0.39, 0.29) is 6.03 Å². The molecule has 2 aliphatic rings. The topological polar surface area (TPSA) is 50.4 Å². The standard InChI is InChI=1S/C13H24N2O2/c16-13(15-12-4-2-1-3-5-12)14-8-6-11-7-9-17-10-11/h11-12H,1-10H2,(H2,14,15,16). The predicted octanol–water partition coefficient (Wildman–Crippen LogP) is 2.04. The molecule has 2 amide bonds. The number of nitrogens with one attached hydrogen (secondary N) is 2. The van der Waals surface area contributed by atoms with Gasteiger partial charge in [0, 0.05) is 25.8 Å². The SMILES string of the molecule is O=C(NCCC1CCOC1)NC1CCCCC1. The van der Waals surface area contributed by atoms with Crippen molar-refractivity contribution in [1.82, 2.24) is 10.6 Å². The summed E-state index contributed by atoms with van der Waals surface area (Å²) in [6, 6.07) is 0.411. The van der Waals surface area contributed by atoms with Crippen molar-refractivity contribution in [2.45, 2.75) is 51.0 Å². The van der Waals surface area contributed by atoms with Crippen molar-refractivity contribution in [1.29, 1.82) is 0 Å². The second kappa shape index (κ2) is 6.84. The van der Waals surface area contributed by atoms with Gasteiger partial charge in [-0.1, -0.05) is 19.3 Å². The molecule has 2 fully saturated rings. The van der Waals surface area contributed by atoms with Gasteiger partial charge in [-0.3, -0.25) is 0 Å². The van der Waals surface area contributed by atoms with E-state index in [0.717, 1.165) is 45.4 Å². The van der Waals surface area contributed by atoms with Crippen molar-refractivity contribution in [2.24, 2.45) is 5.92 Å². The summed E-state index contributed by atoms with van der Waals surface area (Å²) in [6.07, 6.45) is 8.30. The Bertz CT molecular complexity index is 234. The van der Waals surface area contributed by atoms with E-state index in [1.807, 2.05) is 0 Å². The largest absolute Gasteiger partial charge is 0.381 e. The van der Waals surface area contributed by atoms with Crippen LogP contribution in [0.15, 0.2) is 0 Å². The Morgan fingerprint density at radius 2 is 2.00 bits per heavy atom. The van der Waals surface area contributed by atoms with Crippen LogP contribution in [0.2, 0.25) is 0 Å². The zero-order chi connectivity index (χ0) is 11.9. The van der Waals surface area contributed by atoms with Gasteiger partial charge in [-0.05, 0) is 31.6 Å². The van der Waals surface area contributed by atoms with Crippen molar-refractivity contribution >= 4 is 6.03 Å². The highest BCUT2D eigenvalue weighted by Crippen LogP contribution is 2.17. The lowest BCUT2D eigenvalue weighted by Crippen LogP contribution is -2.43. The summed E-state index contributed by atoms with van der Waals surface area (Å²) in [4.78, 5) is 11.6. The van der Waals surface area contributed by atoms with E-state index >= 15 is 0 Å². The summed E-state index contributed by atoms with van der Waals surface area (Å²) in [5.41, 5.74) is 0. The predicted molar refractivity (Wildman–Crippen MR) is 67.0 cm³/mol. The first kappa shape index (κ1) is 12.7. The molecular weight excluding hydrogens is 216 g/mol. The summed E-state index contributed by atoms with van der Waals surface area (Å²) >= 11 is 0. The summed E-state index contributed by atoms with van der Waals surface area (Å²) < 4.78 is 5.31. The Labute approximate surface area is 103 Å². The molecule has 4 nitrogen and oxygen atoms in total. The normalized spacial score (nSPS) is 25.8. The first-order valence-electron chi connectivity index (χ1n) is 6.96. The fourth-order valence-electron chi connectivity index (χ4n) is 2.68. The molecule has 1 atom stereocenters. The molecule has 98 valence electrons. The van der Waals surface area contributed by atoms with Crippen molar-refractivity contribution in [3.63, 3.8) is 0 Å². The maximum atomic E-state index is 11.6. The maximum Gasteiger partial charge on any atom is 0.315 e.